The minimum atomic E-state index is 0.476. The van der Waals surface area contributed by atoms with Crippen molar-refractivity contribution >= 4 is 5.82 Å². The van der Waals surface area contributed by atoms with E-state index in [9.17, 15) is 0 Å². The van der Waals surface area contributed by atoms with E-state index in [0.717, 1.165) is 38.5 Å². The first-order chi connectivity index (χ1) is 7.81. The lowest BCUT2D eigenvalue weighted by atomic mass is 10.2. The molecule has 5 heteroatoms. The van der Waals surface area contributed by atoms with Gasteiger partial charge in [-0.2, -0.15) is 0 Å². The van der Waals surface area contributed by atoms with Crippen LogP contribution in [-0.4, -0.2) is 53.6 Å². The highest BCUT2D eigenvalue weighted by Gasteiger charge is 2.20. The third kappa shape index (κ3) is 2.48. The molecular formula is C11H19N5. The van der Waals surface area contributed by atoms with E-state index in [1.807, 2.05) is 6.20 Å². The number of piperazine rings is 1. The number of nitrogens with zero attached hydrogens (tertiary/aromatic N) is 4. The van der Waals surface area contributed by atoms with E-state index in [4.69, 9.17) is 5.73 Å². The molecule has 0 spiro atoms. The summed E-state index contributed by atoms with van der Waals surface area (Å²) in [6, 6.07) is 0.476. The number of hydrogen-bond donors (Lipinski definition) is 1. The van der Waals surface area contributed by atoms with Gasteiger partial charge in [-0.3, -0.25) is 9.88 Å². The van der Waals surface area contributed by atoms with Gasteiger partial charge in [0.1, 0.15) is 5.82 Å². The Morgan fingerprint density at radius 3 is 2.62 bits per heavy atom. The lowest BCUT2D eigenvalue weighted by molar-refractivity contribution is 0.201. The number of rotatable bonds is 3. The second kappa shape index (κ2) is 5.23. The Labute approximate surface area is 96.3 Å². The maximum atomic E-state index is 5.67. The molecule has 0 radical (unpaired) electrons. The van der Waals surface area contributed by atoms with Crippen molar-refractivity contribution in [2.75, 3.05) is 37.6 Å². The van der Waals surface area contributed by atoms with Gasteiger partial charge in [-0.1, -0.05) is 0 Å². The lowest BCUT2D eigenvalue weighted by Crippen LogP contribution is -2.51. The average molecular weight is 221 g/mol. The first-order valence-electron chi connectivity index (χ1n) is 5.76. The molecule has 2 N–H and O–H groups in total. The van der Waals surface area contributed by atoms with Crippen LogP contribution in [0.25, 0.3) is 0 Å². The molecule has 0 amide bonds. The van der Waals surface area contributed by atoms with Crippen molar-refractivity contribution in [3.05, 3.63) is 18.6 Å². The summed E-state index contributed by atoms with van der Waals surface area (Å²) in [6.07, 6.45) is 5.27. The van der Waals surface area contributed by atoms with Gasteiger partial charge in [0.25, 0.3) is 0 Å². The molecule has 1 atom stereocenters. The summed E-state index contributed by atoms with van der Waals surface area (Å²) in [5, 5.41) is 0. The molecule has 2 heterocycles. The minimum absolute atomic E-state index is 0.476. The molecule has 0 aromatic carbocycles. The van der Waals surface area contributed by atoms with E-state index in [0.29, 0.717) is 6.04 Å². The molecule has 1 aromatic heterocycles. The highest BCUT2D eigenvalue weighted by Crippen LogP contribution is 2.12. The zero-order chi connectivity index (χ0) is 11.4. The molecule has 1 unspecified atom stereocenters. The molecule has 2 rings (SSSR count). The number of anilines is 1. The predicted molar refractivity (Wildman–Crippen MR) is 64.3 cm³/mol. The van der Waals surface area contributed by atoms with Gasteiger partial charge in [-0.25, -0.2) is 4.98 Å². The van der Waals surface area contributed by atoms with Crippen LogP contribution in [0.3, 0.4) is 0 Å². The molecule has 1 fully saturated rings. The van der Waals surface area contributed by atoms with Crippen LogP contribution in [0.1, 0.15) is 6.92 Å². The molecule has 0 aliphatic carbocycles. The highest BCUT2D eigenvalue weighted by atomic mass is 15.3. The zero-order valence-electron chi connectivity index (χ0n) is 9.71. The summed E-state index contributed by atoms with van der Waals surface area (Å²) in [5.74, 6) is 0.975. The highest BCUT2D eigenvalue weighted by molar-refractivity contribution is 5.35. The summed E-state index contributed by atoms with van der Waals surface area (Å²) in [6.45, 7) is 7.01. The van der Waals surface area contributed by atoms with Crippen molar-refractivity contribution in [2.45, 2.75) is 13.0 Å². The molecule has 0 bridgehead atoms. The summed E-state index contributed by atoms with van der Waals surface area (Å²) >= 11 is 0. The van der Waals surface area contributed by atoms with Gasteiger partial charge >= 0.3 is 0 Å². The second-order valence-corrected chi connectivity index (χ2v) is 4.17. The molecule has 1 aliphatic heterocycles. The van der Waals surface area contributed by atoms with Crippen molar-refractivity contribution in [2.24, 2.45) is 5.73 Å². The minimum Gasteiger partial charge on any atom is -0.353 e. The van der Waals surface area contributed by atoms with E-state index in [1.54, 1.807) is 12.4 Å². The smallest absolute Gasteiger partial charge is 0.147 e. The maximum absolute atomic E-state index is 5.67. The Balaban J connectivity index is 1.91. The molecule has 88 valence electrons. The third-order valence-electron chi connectivity index (χ3n) is 3.15. The van der Waals surface area contributed by atoms with E-state index in [-0.39, 0.29) is 0 Å². The number of hydrogen-bond acceptors (Lipinski definition) is 5. The van der Waals surface area contributed by atoms with Crippen molar-refractivity contribution < 1.29 is 0 Å². The first-order valence-corrected chi connectivity index (χ1v) is 5.76. The Hall–Kier alpha value is -1.20. The average Bonchev–Trinajstić information content (AvgIpc) is 2.39. The third-order valence-corrected chi connectivity index (χ3v) is 3.15. The SMILES string of the molecule is CC(CN)N1CCN(c2cnccn2)CC1. The van der Waals surface area contributed by atoms with Gasteiger partial charge in [-0.05, 0) is 6.92 Å². The van der Waals surface area contributed by atoms with Crippen LogP contribution in [0.15, 0.2) is 18.6 Å². The maximum Gasteiger partial charge on any atom is 0.147 e. The zero-order valence-corrected chi connectivity index (χ0v) is 9.71. The molecule has 1 aliphatic rings. The van der Waals surface area contributed by atoms with Crippen molar-refractivity contribution in [3.8, 4) is 0 Å². The summed E-state index contributed by atoms with van der Waals surface area (Å²) < 4.78 is 0. The Kier molecular flexibility index (Phi) is 3.69. The quantitative estimate of drug-likeness (QED) is 0.775. The Bertz CT molecular complexity index is 307. The predicted octanol–water partition coefficient (Wildman–Crippen LogP) is -0.0542. The fraction of sp³-hybridized carbons (Fsp3) is 0.636. The van der Waals surface area contributed by atoms with Gasteiger partial charge in [0.2, 0.25) is 0 Å². The molecule has 16 heavy (non-hydrogen) atoms. The van der Waals surface area contributed by atoms with Gasteiger partial charge < -0.3 is 10.6 Å². The van der Waals surface area contributed by atoms with E-state index >= 15 is 0 Å². The van der Waals surface area contributed by atoms with Crippen LogP contribution in [0.2, 0.25) is 0 Å². The van der Waals surface area contributed by atoms with Gasteiger partial charge in [0.15, 0.2) is 0 Å². The van der Waals surface area contributed by atoms with E-state index in [2.05, 4.69) is 26.7 Å². The lowest BCUT2D eigenvalue weighted by Gasteiger charge is -2.38. The van der Waals surface area contributed by atoms with Gasteiger partial charge in [-0.15, -0.1) is 0 Å². The van der Waals surface area contributed by atoms with Crippen LogP contribution in [0.4, 0.5) is 5.82 Å². The topological polar surface area (TPSA) is 58.3 Å². The summed E-state index contributed by atoms with van der Waals surface area (Å²) in [7, 11) is 0. The molecule has 1 saturated heterocycles. The number of nitrogens with two attached hydrogens (primary N) is 1. The van der Waals surface area contributed by atoms with Gasteiger partial charge in [0, 0.05) is 51.2 Å². The van der Waals surface area contributed by atoms with E-state index < -0.39 is 0 Å². The van der Waals surface area contributed by atoms with Crippen LogP contribution in [0, 0.1) is 0 Å². The fourth-order valence-corrected chi connectivity index (χ4v) is 2.00. The van der Waals surface area contributed by atoms with E-state index in [1.165, 1.54) is 0 Å². The Morgan fingerprint density at radius 1 is 1.31 bits per heavy atom. The normalized spacial score (nSPS) is 19.8. The van der Waals surface area contributed by atoms with Crippen molar-refractivity contribution in [1.29, 1.82) is 0 Å². The van der Waals surface area contributed by atoms with Crippen molar-refractivity contribution in [3.63, 3.8) is 0 Å². The number of aromatic nitrogens is 2. The molecule has 5 nitrogen and oxygen atoms in total. The van der Waals surface area contributed by atoms with Gasteiger partial charge in [0.05, 0.1) is 6.20 Å². The first kappa shape index (κ1) is 11.3. The second-order valence-electron chi connectivity index (χ2n) is 4.17. The van der Waals surface area contributed by atoms with Crippen LogP contribution >= 0.6 is 0 Å². The Morgan fingerprint density at radius 2 is 2.06 bits per heavy atom. The van der Waals surface area contributed by atoms with Crippen LogP contribution < -0.4 is 10.6 Å². The monoisotopic (exact) mass is 221 g/mol. The largest absolute Gasteiger partial charge is 0.353 e. The fourth-order valence-electron chi connectivity index (χ4n) is 2.00. The standard InChI is InChI=1S/C11H19N5/c1-10(8-12)15-4-6-16(7-5-15)11-9-13-2-3-14-11/h2-3,9-10H,4-8,12H2,1H3. The molecule has 1 aromatic rings. The summed E-state index contributed by atoms with van der Waals surface area (Å²) in [4.78, 5) is 13.1. The van der Waals surface area contributed by atoms with Crippen LogP contribution in [-0.2, 0) is 0 Å². The molecular weight excluding hydrogens is 202 g/mol. The van der Waals surface area contributed by atoms with Crippen molar-refractivity contribution in [1.82, 2.24) is 14.9 Å². The van der Waals surface area contributed by atoms with Crippen LogP contribution in [0.5, 0.6) is 0 Å². The molecule has 0 saturated carbocycles. The summed E-state index contributed by atoms with van der Waals surface area (Å²) in [5.41, 5.74) is 5.67.